The first-order valence-electron chi connectivity index (χ1n) is 6.68. The molecule has 1 atom stereocenters. The average Bonchev–Trinajstić information content (AvgIpc) is 2.40. The van der Waals surface area contributed by atoms with Crippen molar-refractivity contribution in [3.63, 3.8) is 0 Å². The third-order valence-electron chi connectivity index (χ3n) is 3.01. The van der Waals surface area contributed by atoms with Crippen LogP contribution in [-0.2, 0) is 13.1 Å². The maximum absolute atomic E-state index is 3.66. The molecule has 2 rings (SSSR count). The normalized spacial score (nSPS) is 12.6. The third kappa shape index (κ3) is 5.17. The summed E-state index contributed by atoms with van der Waals surface area (Å²) in [4.78, 5) is 2.98. The highest BCUT2D eigenvalue weighted by Crippen LogP contribution is 2.12. The Morgan fingerprint density at radius 3 is 1.63 bits per heavy atom. The number of alkyl halides is 1. The van der Waals surface area contributed by atoms with E-state index in [1.807, 2.05) is 0 Å². The van der Waals surface area contributed by atoms with Gasteiger partial charge in [-0.25, -0.2) is 0 Å². The molecule has 0 amide bonds. The van der Waals surface area contributed by atoms with Crippen molar-refractivity contribution in [3.8, 4) is 0 Å². The molecular formula is C17H20BrN. The minimum Gasteiger partial charge on any atom is -0.294 e. The molecule has 2 aromatic carbocycles. The molecule has 0 N–H and O–H groups in total. The lowest BCUT2D eigenvalue weighted by Gasteiger charge is -2.24. The van der Waals surface area contributed by atoms with Gasteiger partial charge in [0, 0.05) is 24.5 Å². The molecule has 0 aliphatic carbocycles. The molecule has 19 heavy (non-hydrogen) atoms. The summed E-state index contributed by atoms with van der Waals surface area (Å²) >= 11 is 3.66. The first kappa shape index (κ1) is 14.3. The molecule has 1 nitrogen and oxygen atoms in total. The Hall–Kier alpha value is -1.12. The van der Waals surface area contributed by atoms with Gasteiger partial charge in [0.05, 0.1) is 0 Å². The smallest absolute Gasteiger partial charge is 0.0245 e. The quantitative estimate of drug-likeness (QED) is 0.710. The Morgan fingerprint density at radius 2 is 1.26 bits per heavy atom. The van der Waals surface area contributed by atoms with Gasteiger partial charge in [0.25, 0.3) is 0 Å². The van der Waals surface area contributed by atoms with Crippen LogP contribution in [0.5, 0.6) is 0 Å². The summed E-state index contributed by atoms with van der Waals surface area (Å²) in [5.74, 6) is 0. The van der Waals surface area contributed by atoms with Gasteiger partial charge in [-0.1, -0.05) is 83.5 Å². The van der Waals surface area contributed by atoms with Crippen LogP contribution in [-0.4, -0.2) is 16.3 Å². The van der Waals surface area contributed by atoms with Crippen molar-refractivity contribution in [1.29, 1.82) is 0 Å². The molecule has 0 fully saturated rings. The number of benzene rings is 2. The maximum Gasteiger partial charge on any atom is 0.0245 e. The van der Waals surface area contributed by atoms with Gasteiger partial charge in [0.15, 0.2) is 0 Å². The molecule has 2 aromatic rings. The predicted octanol–water partition coefficient (Wildman–Crippen LogP) is 4.47. The van der Waals surface area contributed by atoms with Crippen molar-refractivity contribution in [1.82, 2.24) is 4.90 Å². The molecular weight excluding hydrogens is 298 g/mol. The number of nitrogens with zero attached hydrogens (tertiary/aromatic N) is 1. The molecule has 0 saturated heterocycles. The lowest BCUT2D eigenvalue weighted by atomic mass is 10.1. The van der Waals surface area contributed by atoms with E-state index in [4.69, 9.17) is 0 Å². The van der Waals surface area contributed by atoms with Crippen molar-refractivity contribution in [2.75, 3.05) is 6.54 Å². The Bertz CT molecular complexity index is 426. The predicted molar refractivity (Wildman–Crippen MR) is 85.4 cm³/mol. The molecule has 0 bridgehead atoms. The fraction of sp³-hybridized carbons (Fsp3) is 0.294. The Kier molecular flexibility index (Phi) is 5.62. The molecule has 0 aromatic heterocycles. The summed E-state index contributed by atoms with van der Waals surface area (Å²) in [5.41, 5.74) is 2.73. The second-order valence-electron chi connectivity index (χ2n) is 4.92. The Labute approximate surface area is 124 Å². The molecule has 0 aliphatic rings. The van der Waals surface area contributed by atoms with Crippen LogP contribution in [0.2, 0.25) is 0 Å². The highest BCUT2D eigenvalue weighted by atomic mass is 79.9. The van der Waals surface area contributed by atoms with Gasteiger partial charge in [0.1, 0.15) is 0 Å². The summed E-state index contributed by atoms with van der Waals surface area (Å²) in [6, 6.07) is 21.3. The van der Waals surface area contributed by atoms with Gasteiger partial charge in [-0.3, -0.25) is 4.90 Å². The van der Waals surface area contributed by atoms with Gasteiger partial charge < -0.3 is 0 Å². The van der Waals surface area contributed by atoms with Crippen molar-refractivity contribution >= 4 is 15.9 Å². The van der Waals surface area contributed by atoms with E-state index in [1.54, 1.807) is 0 Å². The first-order valence-corrected chi connectivity index (χ1v) is 7.60. The zero-order valence-electron chi connectivity index (χ0n) is 11.3. The molecule has 0 heterocycles. The number of hydrogen-bond acceptors (Lipinski definition) is 1. The number of halogens is 1. The van der Waals surface area contributed by atoms with Crippen LogP contribution in [0.15, 0.2) is 60.7 Å². The SMILES string of the molecule is C[C@H](Br)CN(Cc1ccccc1)Cc1ccccc1. The van der Waals surface area contributed by atoms with Gasteiger partial charge in [0.2, 0.25) is 0 Å². The van der Waals surface area contributed by atoms with Crippen LogP contribution in [0, 0.1) is 0 Å². The minimum absolute atomic E-state index is 0.500. The average molecular weight is 318 g/mol. The molecule has 0 aliphatic heterocycles. The van der Waals surface area contributed by atoms with Crippen molar-refractivity contribution in [2.45, 2.75) is 24.8 Å². The summed E-state index contributed by atoms with van der Waals surface area (Å²) in [6.45, 7) is 5.23. The van der Waals surface area contributed by atoms with Gasteiger partial charge in [-0.2, -0.15) is 0 Å². The summed E-state index contributed by atoms with van der Waals surface area (Å²) in [6.07, 6.45) is 0. The zero-order chi connectivity index (χ0) is 13.5. The van der Waals surface area contributed by atoms with Crippen molar-refractivity contribution < 1.29 is 0 Å². The van der Waals surface area contributed by atoms with Crippen LogP contribution in [0.4, 0.5) is 0 Å². The van der Waals surface area contributed by atoms with Crippen LogP contribution >= 0.6 is 15.9 Å². The van der Waals surface area contributed by atoms with Gasteiger partial charge in [-0.05, 0) is 11.1 Å². The first-order chi connectivity index (χ1) is 9.24. The fourth-order valence-electron chi connectivity index (χ4n) is 2.22. The highest BCUT2D eigenvalue weighted by Gasteiger charge is 2.09. The fourth-order valence-corrected chi connectivity index (χ4v) is 2.63. The molecule has 2 heteroatoms. The summed E-state index contributed by atoms with van der Waals surface area (Å²) in [5, 5.41) is 0. The molecule has 100 valence electrons. The Balaban J connectivity index is 2.03. The second kappa shape index (κ2) is 7.46. The zero-order valence-corrected chi connectivity index (χ0v) is 12.9. The van der Waals surface area contributed by atoms with Crippen molar-refractivity contribution in [2.24, 2.45) is 0 Å². The minimum atomic E-state index is 0.500. The van der Waals surface area contributed by atoms with E-state index in [9.17, 15) is 0 Å². The lowest BCUT2D eigenvalue weighted by Crippen LogP contribution is -2.28. The van der Waals surface area contributed by atoms with Crippen molar-refractivity contribution in [3.05, 3.63) is 71.8 Å². The largest absolute Gasteiger partial charge is 0.294 e. The van der Waals surface area contributed by atoms with E-state index in [-0.39, 0.29) is 0 Å². The summed E-state index contributed by atoms with van der Waals surface area (Å²) in [7, 11) is 0. The van der Waals surface area contributed by atoms with E-state index in [1.165, 1.54) is 11.1 Å². The summed E-state index contributed by atoms with van der Waals surface area (Å²) < 4.78 is 0. The lowest BCUT2D eigenvalue weighted by molar-refractivity contribution is 0.261. The Morgan fingerprint density at radius 1 is 0.842 bits per heavy atom. The van der Waals surface area contributed by atoms with Crippen LogP contribution < -0.4 is 0 Å². The van der Waals surface area contributed by atoms with Gasteiger partial charge in [-0.15, -0.1) is 0 Å². The topological polar surface area (TPSA) is 3.24 Å². The number of rotatable bonds is 6. The second-order valence-corrected chi connectivity index (χ2v) is 6.48. The van der Waals surface area contributed by atoms with Crippen LogP contribution in [0.25, 0.3) is 0 Å². The molecule has 0 unspecified atom stereocenters. The maximum atomic E-state index is 3.66. The standard InChI is InChI=1S/C17H20BrN/c1-15(18)12-19(13-16-8-4-2-5-9-16)14-17-10-6-3-7-11-17/h2-11,15H,12-14H2,1H3/t15-/m0/s1. The molecule has 0 saturated carbocycles. The van der Waals surface area contributed by atoms with E-state index in [0.717, 1.165) is 19.6 Å². The van der Waals surface area contributed by atoms with Gasteiger partial charge >= 0.3 is 0 Å². The molecule has 0 spiro atoms. The highest BCUT2D eigenvalue weighted by molar-refractivity contribution is 9.09. The monoisotopic (exact) mass is 317 g/mol. The van der Waals surface area contributed by atoms with E-state index < -0.39 is 0 Å². The van der Waals surface area contributed by atoms with E-state index in [2.05, 4.69) is 88.4 Å². The third-order valence-corrected chi connectivity index (χ3v) is 3.30. The van der Waals surface area contributed by atoms with E-state index in [0.29, 0.717) is 4.83 Å². The van der Waals surface area contributed by atoms with Crippen LogP contribution in [0.3, 0.4) is 0 Å². The number of hydrogen-bond donors (Lipinski definition) is 0. The van der Waals surface area contributed by atoms with Crippen LogP contribution in [0.1, 0.15) is 18.1 Å². The van der Waals surface area contributed by atoms with E-state index >= 15 is 0 Å². The molecule has 0 radical (unpaired) electrons.